The second-order valence-corrected chi connectivity index (χ2v) is 7.19. The fourth-order valence-corrected chi connectivity index (χ4v) is 4.29. The summed E-state index contributed by atoms with van der Waals surface area (Å²) in [6.07, 6.45) is 1.51. The molecule has 0 saturated heterocycles. The van der Waals surface area contributed by atoms with Gasteiger partial charge in [-0.3, -0.25) is 0 Å². The zero-order valence-electron chi connectivity index (χ0n) is 11.6. The molecule has 0 aliphatic heterocycles. The van der Waals surface area contributed by atoms with Gasteiger partial charge in [-0.25, -0.2) is 13.2 Å². The normalized spacial score (nSPS) is 11.8. The molecular formula is C13H18BrNO5S. The third kappa shape index (κ3) is 4.50. The Morgan fingerprint density at radius 2 is 2.00 bits per heavy atom. The lowest BCUT2D eigenvalue weighted by molar-refractivity contribution is 0.0696. The number of rotatable bonds is 8. The second kappa shape index (κ2) is 7.88. The van der Waals surface area contributed by atoms with Gasteiger partial charge in [0, 0.05) is 17.6 Å². The molecular weight excluding hydrogens is 362 g/mol. The van der Waals surface area contributed by atoms with Crippen molar-refractivity contribution < 1.29 is 23.4 Å². The maximum atomic E-state index is 12.6. The quantitative estimate of drug-likeness (QED) is 0.719. The van der Waals surface area contributed by atoms with Crippen LogP contribution in [0.5, 0.6) is 0 Å². The molecule has 21 heavy (non-hydrogen) atoms. The first-order valence-corrected chi connectivity index (χ1v) is 8.71. The molecule has 0 saturated carbocycles. The van der Waals surface area contributed by atoms with Crippen molar-refractivity contribution in [2.45, 2.75) is 24.7 Å². The van der Waals surface area contributed by atoms with Gasteiger partial charge in [-0.05, 0) is 40.5 Å². The van der Waals surface area contributed by atoms with E-state index in [9.17, 15) is 13.2 Å². The van der Waals surface area contributed by atoms with E-state index in [1.165, 1.54) is 22.5 Å². The van der Waals surface area contributed by atoms with Crippen LogP contribution in [0.3, 0.4) is 0 Å². The molecule has 0 amide bonds. The van der Waals surface area contributed by atoms with Gasteiger partial charge in [-0.1, -0.05) is 13.3 Å². The number of carboxylic acid groups (broad SMARTS) is 1. The Labute approximate surface area is 132 Å². The maximum absolute atomic E-state index is 12.6. The number of unbranched alkanes of at least 4 members (excludes halogenated alkanes) is 1. The van der Waals surface area contributed by atoms with Gasteiger partial charge in [0.1, 0.15) is 0 Å². The average molecular weight is 380 g/mol. The van der Waals surface area contributed by atoms with Gasteiger partial charge < -0.3 is 10.2 Å². The Bertz CT molecular complexity index is 603. The molecule has 6 nitrogen and oxygen atoms in total. The summed E-state index contributed by atoms with van der Waals surface area (Å²) in [6, 6.07) is 3.77. The Morgan fingerprint density at radius 3 is 2.48 bits per heavy atom. The zero-order valence-corrected chi connectivity index (χ0v) is 14.0. The fourth-order valence-electron chi connectivity index (χ4n) is 1.78. The molecule has 0 unspecified atom stereocenters. The molecule has 1 rings (SSSR count). The number of carboxylic acids is 1. The topological polar surface area (TPSA) is 94.9 Å². The van der Waals surface area contributed by atoms with E-state index in [1.54, 1.807) is 0 Å². The molecule has 8 heteroatoms. The van der Waals surface area contributed by atoms with Crippen molar-refractivity contribution in [3.63, 3.8) is 0 Å². The van der Waals surface area contributed by atoms with Crippen molar-refractivity contribution in [2.24, 2.45) is 0 Å². The Kier molecular flexibility index (Phi) is 6.79. The van der Waals surface area contributed by atoms with Crippen LogP contribution in [0, 0.1) is 0 Å². The molecule has 0 aromatic heterocycles. The number of benzene rings is 1. The Hall–Kier alpha value is -0.960. The Morgan fingerprint density at radius 1 is 1.33 bits per heavy atom. The van der Waals surface area contributed by atoms with Crippen molar-refractivity contribution in [2.75, 3.05) is 19.7 Å². The first kappa shape index (κ1) is 18.1. The molecule has 0 heterocycles. The Balaban J connectivity index is 3.18. The molecule has 0 atom stereocenters. The minimum absolute atomic E-state index is 0.00273. The molecule has 118 valence electrons. The third-order valence-electron chi connectivity index (χ3n) is 2.91. The van der Waals surface area contributed by atoms with E-state index in [1.807, 2.05) is 6.92 Å². The van der Waals surface area contributed by atoms with E-state index < -0.39 is 16.0 Å². The summed E-state index contributed by atoms with van der Waals surface area (Å²) in [7, 11) is -3.78. The molecule has 0 spiro atoms. The van der Waals surface area contributed by atoms with Gasteiger partial charge in [0.05, 0.1) is 17.1 Å². The SMILES string of the molecule is CCCCN(CCO)S(=O)(=O)c1ccc(C(=O)O)cc1Br. The van der Waals surface area contributed by atoms with Gasteiger partial charge in [0.2, 0.25) is 10.0 Å². The summed E-state index contributed by atoms with van der Waals surface area (Å²) in [6.45, 7) is 2.00. The largest absolute Gasteiger partial charge is 0.478 e. The van der Waals surface area contributed by atoms with Crippen molar-refractivity contribution in [3.8, 4) is 0 Å². The minimum Gasteiger partial charge on any atom is -0.478 e. The van der Waals surface area contributed by atoms with Crippen LogP contribution in [-0.4, -0.2) is 48.6 Å². The molecule has 2 N–H and O–H groups in total. The number of aromatic carboxylic acids is 1. The van der Waals surface area contributed by atoms with Crippen LogP contribution in [0.2, 0.25) is 0 Å². The van der Waals surface area contributed by atoms with Gasteiger partial charge in [-0.2, -0.15) is 4.31 Å². The van der Waals surface area contributed by atoms with Crippen molar-refractivity contribution in [1.29, 1.82) is 0 Å². The second-order valence-electron chi connectivity index (χ2n) is 4.43. The number of carbonyl (C=O) groups is 1. The van der Waals surface area contributed by atoms with Crippen LogP contribution in [0.25, 0.3) is 0 Å². The highest BCUT2D eigenvalue weighted by molar-refractivity contribution is 9.10. The number of hydrogen-bond acceptors (Lipinski definition) is 4. The minimum atomic E-state index is -3.78. The number of halogens is 1. The number of nitrogens with zero attached hydrogens (tertiary/aromatic N) is 1. The average Bonchev–Trinajstić information content (AvgIpc) is 2.42. The van der Waals surface area contributed by atoms with Crippen LogP contribution in [0.1, 0.15) is 30.1 Å². The molecule has 1 aromatic carbocycles. The summed E-state index contributed by atoms with van der Waals surface area (Å²) < 4.78 is 26.5. The van der Waals surface area contributed by atoms with E-state index in [2.05, 4.69) is 15.9 Å². The van der Waals surface area contributed by atoms with Crippen LogP contribution in [0.4, 0.5) is 0 Å². The predicted octanol–water partition coefficient (Wildman–Crippen LogP) is 1.93. The van der Waals surface area contributed by atoms with Gasteiger partial charge >= 0.3 is 5.97 Å². The number of aliphatic hydroxyl groups is 1. The molecule has 1 aromatic rings. The zero-order chi connectivity index (χ0) is 16.0. The van der Waals surface area contributed by atoms with Crippen LogP contribution >= 0.6 is 15.9 Å². The summed E-state index contributed by atoms with van der Waals surface area (Å²) in [5.74, 6) is -1.13. The lowest BCUT2D eigenvalue weighted by Gasteiger charge is -2.21. The predicted molar refractivity (Wildman–Crippen MR) is 81.9 cm³/mol. The van der Waals surface area contributed by atoms with Crippen LogP contribution < -0.4 is 0 Å². The smallest absolute Gasteiger partial charge is 0.335 e. The maximum Gasteiger partial charge on any atom is 0.335 e. The highest BCUT2D eigenvalue weighted by atomic mass is 79.9. The van der Waals surface area contributed by atoms with Gasteiger partial charge in [0.25, 0.3) is 0 Å². The van der Waals surface area contributed by atoms with E-state index in [-0.39, 0.29) is 28.1 Å². The molecule has 0 aliphatic rings. The standard InChI is InChI=1S/C13H18BrNO5S/c1-2-3-6-15(7-8-16)21(19,20)12-5-4-10(13(17)18)9-11(12)14/h4-5,9,16H,2-3,6-8H2,1H3,(H,17,18). The number of hydrogen-bond donors (Lipinski definition) is 2. The lowest BCUT2D eigenvalue weighted by Crippen LogP contribution is -2.34. The summed E-state index contributed by atoms with van der Waals surface area (Å²) in [5, 5.41) is 17.9. The highest BCUT2D eigenvalue weighted by Gasteiger charge is 2.26. The monoisotopic (exact) mass is 379 g/mol. The van der Waals surface area contributed by atoms with Crippen molar-refractivity contribution >= 4 is 31.9 Å². The van der Waals surface area contributed by atoms with E-state index >= 15 is 0 Å². The number of sulfonamides is 1. The molecule has 0 radical (unpaired) electrons. The van der Waals surface area contributed by atoms with Crippen LogP contribution in [-0.2, 0) is 10.0 Å². The molecule has 0 fully saturated rings. The van der Waals surface area contributed by atoms with Crippen molar-refractivity contribution in [1.82, 2.24) is 4.31 Å². The summed E-state index contributed by atoms with van der Waals surface area (Å²) in [5.41, 5.74) is 0.00286. The van der Waals surface area contributed by atoms with E-state index in [0.717, 1.165) is 6.42 Å². The third-order valence-corrected chi connectivity index (χ3v) is 5.78. The first-order chi connectivity index (χ1) is 9.84. The lowest BCUT2D eigenvalue weighted by atomic mass is 10.2. The number of aliphatic hydroxyl groups excluding tert-OH is 1. The van der Waals surface area contributed by atoms with E-state index in [0.29, 0.717) is 13.0 Å². The molecule has 0 bridgehead atoms. The highest BCUT2D eigenvalue weighted by Crippen LogP contribution is 2.26. The molecule has 0 aliphatic carbocycles. The first-order valence-electron chi connectivity index (χ1n) is 6.48. The summed E-state index contributed by atoms with van der Waals surface area (Å²) in [4.78, 5) is 10.9. The van der Waals surface area contributed by atoms with Crippen LogP contribution in [0.15, 0.2) is 27.6 Å². The summed E-state index contributed by atoms with van der Waals surface area (Å²) >= 11 is 3.11. The van der Waals surface area contributed by atoms with Crippen molar-refractivity contribution in [3.05, 3.63) is 28.2 Å². The van der Waals surface area contributed by atoms with Gasteiger partial charge in [0.15, 0.2) is 0 Å². The van der Waals surface area contributed by atoms with E-state index in [4.69, 9.17) is 10.2 Å². The fraction of sp³-hybridized carbons (Fsp3) is 0.462. The van der Waals surface area contributed by atoms with Gasteiger partial charge in [-0.15, -0.1) is 0 Å².